The summed E-state index contributed by atoms with van der Waals surface area (Å²) >= 11 is 3.09. The normalized spacial score (nSPS) is 10.2. The molecule has 7 heteroatoms. The van der Waals surface area contributed by atoms with Crippen LogP contribution in [0.2, 0.25) is 0 Å². The van der Waals surface area contributed by atoms with Crippen LogP contribution in [0, 0.1) is 11.6 Å². The first-order valence-electron chi connectivity index (χ1n) is 5.67. The van der Waals surface area contributed by atoms with E-state index >= 15 is 0 Å². The minimum Gasteiger partial charge on any atom is -0.478 e. The van der Waals surface area contributed by atoms with Crippen LogP contribution in [0.1, 0.15) is 20.7 Å². The number of halogens is 3. The second-order valence-electron chi connectivity index (χ2n) is 4.07. The summed E-state index contributed by atoms with van der Waals surface area (Å²) in [4.78, 5) is 23.1. The average molecular weight is 356 g/mol. The van der Waals surface area contributed by atoms with Gasteiger partial charge in [-0.15, -0.1) is 0 Å². The first kappa shape index (κ1) is 15.1. The first-order chi connectivity index (χ1) is 9.88. The van der Waals surface area contributed by atoms with Crippen molar-refractivity contribution in [3.8, 4) is 0 Å². The molecule has 2 rings (SSSR count). The van der Waals surface area contributed by atoms with Gasteiger partial charge in [-0.2, -0.15) is 0 Å². The van der Waals surface area contributed by atoms with Crippen molar-refractivity contribution in [2.24, 2.45) is 0 Å². The first-order valence-corrected chi connectivity index (χ1v) is 6.47. The van der Waals surface area contributed by atoms with E-state index in [-0.39, 0.29) is 16.8 Å². The number of carboxylic acids is 1. The van der Waals surface area contributed by atoms with Crippen molar-refractivity contribution in [2.75, 3.05) is 5.32 Å². The van der Waals surface area contributed by atoms with Crippen molar-refractivity contribution in [2.45, 2.75) is 0 Å². The van der Waals surface area contributed by atoms with Crippen LogP contribution < -0.4 is 5.32 Å². The summed E-state index contributed by atoms with van der Waals surface area (Å²) in [6.45, 7) is 0. The largest absolute Gasteiger partial charge is 0.478 e. The van der Waals surface area contributed by atoms with Gasteiger partial charge >= 0.3 is 5.97 Å². The third-order valence-electron chi connectivity index (χ3n) is 2.63. The predicted octanol–water partition coefficient (Wildman–Crippen LogP) is 3.68. The van der Waals surface area contributed by atoms with Crippen LogP contribution in [-0.2, 0) is 0 Å². The van der Waals surface area contributed by atoms with Crippen LogP contribution in [-0.4, -0.2) is 17.0 Å². The molecule has 0 aliphatic rings. The Hall–Kier alpha value is -2.28. The molecule has 0 saturated heterocycles. The zero-order valence-corrected chi connectivity index (χ0v) is 11.9. The third-order valence-corrected chi connectivity index (χ3v) is 3.32. The topological polar surface area (TPSA) is 66.4 Å². The maximum Gasteiger partial charge on any atom is 0.337 e. The summed E-state index contributed by atoms with van der Waals surface area (Å²) in [5, 5.41) is 11.3. The number of benzene rings is 2. The Balaban J connectivity index is 2.38. The van der Waals surface area contributed by atoms with E-state index in [1.165, 1.54) is 6.07 Å². The Morgan fingerprint density at radius 3 is 2.29 bits per heavy atom. The van der Waals surface area contributed by atoms with Crippen molar-refractivity contribution >= 4 is 33.5 Å². The molecule has 0 unspecified atom stereocenters. The molecule has 108 valence electrons. The molecule has 0 radical (unpaired) electrons. The SMILES string of the molecule is O=C(Nc1cc(F)ccc1C(=O)O)c1cc(F)ccc1Br. The Morgan fingerprint density at radius 1 is 1.00 bits per heavy atom. The maximum absolute atomic E-state index is 13.2. The second kappa shape index (κ2) is 6.01. The van der Waals surface area contributed by atoms with Gasteiger partial charge in [0.05, 0.1) is 16.8 Å². The summed E-state index contributed by atoms with van der Waals surface area (Å²) in [5.41, 5.74) is -0.503. The van der Waals surface area contributed by atoms with Gasteiger partial charge < -0.3 is 10.4 Å². The number of hydrogen-bond donors (Lipinski definition) is 2. The minimum absolute atomic E-state index is 0.0319. The Kier molecular flexibility index (Phi) is 4.32. The Bertz CT molecular complexity index is 734. The van der Waals surface area contributed by atoms with E-state index in [1.54, 1.807) is 0 Å². The predicted molar refractivity (Wildman–Crippen MR) is 75.4 cm³/mol. The van der Waals surface area contributed by atoms with Crippen molar-refractivity contribution in [3.63, 3.8) is 0 Å². The molecule has 0 heterocycles. The van der Waals surface area contributed by atoms with Gasteiger partial charge in [-0.3, -0.25) is 4.79 Å². The Labute approximate surface area is 126 Å². The van der Waals surface area contributed by atoms with Crippen LogP contribution >= 0.6 is 15.9 Å². The molecule has 21 heavy (non-hydrogen) atoms. The minimum atomic E-state index is -1.32. The number of aromatic carboxylic acids is 1. The van der Waals surface area contributed by atoms with Crippen LogP contribution in [0.4, 0.5) is 14.5 Å². The number of carboxylic acid groups (broad SMARTS) is 1. The van der Waals surface area contributed by atoms with Crippen LogP contribution in [0.25, 0.3) is 0 Å². The van der Waals surface area contributed by atoms with Gasteiger partial charge in [-0.1, -0.05) is 0 Å². The Morgan fingerprint density at radius 2 is 1.62 bits per heavy atom. The summed E-state index contributed by atoms with van der Waals surface area (Å²) in [7, 11) is 0. The zero-order chi connectivity index (χ0) is 15.6. The number of nitrogens with one attached hydrogen (secondary N) is 1. The molecule has 0 bridgehead atoms. The van der Waals surface area contributed by atoms with E-state index in [4.69, 9.17) is 5.11 Å². The molecule has 0 spiro atoms. The molecule has 1 amide bonds. The molecule has 0 aliphatic carbocycles. The molecular weight excluding hydrogens is 348 g/mol. The van der Waals surface area contributed by atoms with Crippen LogP contribution in [0.3, 0.4) is 0 Å². The number of carbonyl (C=O) groups excluding carboxylic acids is 1. The quantitative estimate of drug-likeness (QED) is 0.882. The third kappa shape index (κ3) is 3.43. The van der Waals surface area contributed by atoms with Crippen molar-refractivity contribution < 1.29 is 23.5 Å². The molecule has 0 saturated carbocycles. The van der Waals surface area contributed by atoms with E-state index in [9.17, 15) is 18.4 Å². The summed E-state index contributed by atoms with van der Waals surface area (Å²) in [5.74, 6) is -3.40. The smallest absolute Gasteiger partial charge is 0.337 e. The molecule has 4 nitrogen and oxygen atoms in total. The summed E-state index contributed by atoms with van der Waals surface area (Å²) < 4.78 is 26.7. The monoisotopic (exact) mass is 355 g/mol. The van der Waals surface area contributed by atoms with E-state index in [0.29, 0.717) is 4.47 Å². The van der Waals surface area contributed by atoms with Gasteiger partial charge in [-0.25, -0.2) is 13.6 Å². The summed E-state index contributed by atoms with van der Waals surface area (Å²) in [6.07, 6.45) is 0. The zero-order valence-electron chi connectivity index (χ0n) is 10.4. The molecule has 0 aromatic heterocycles. The molecule has 2 aromatic rings. The van der Waals surface area contributed by atoms with Crippen LogP contribution in [0.15, 0.2) is 40.9 Å². The fraction of sp³-hybridized carbons (Fsp3) is 0. The lowest BCUT2D eigenvalue weighted by atomic mass is 10.1. The van der Waals surface area contributed by atoms with Gasteiger partial charge in [0, 0.05) is 4.47 Å². The lowest BCUT2D eigenvalue weighted by molar-refractivity contribution is 0.0698. The second-order valence-corrected chi connectivity index (χ2v) is 4.93. The fourth-order valence-electron chi connectivity index (χ4n) is 1.67. The standard InChI is InChI=1S/C14H8BrF2NO3/c15-11-4-2-7(16)5-10(11)13(19)18-12-6-8(17)1-3-9(12)14(20)21/h1-6H,(H,18,19)(H,20,21). The molecule has 0 fully saturated rings. The lowest BCUT2D eigenvalue weighted by Crippen LogP contribution is -2.16. The van der Waals surface area contributed by atoms with Crippen molar-refractivity contribution in [3.05, 3.63) is 63.6 Å². The number of anilines is 1. The fourth-order valence-corrected chi connectivity index (χ4v) is 2.09. The van der Waals surface area contributed by atoms with E-state index < -0.39 is 23.5 Å². The van der Waals surface area contributed by atoms with E-state index in [1.807, 2.05) is 0 Å². The maximum atomic E-state index is 13.2. The van der Waals surface area contributed by atoms with Crippen molar-refractivity contribution in [1.82, 2.24) is 0 Å². The van der Waals surface area contributed by atoms with Gasteiger partial charge in [0.1, 0.15) is 11.6 Å². The molecule has 2 N–H and O–H groups in total. The molecule has 0 aliphatic heterocycles. The van der Waals surface area contributed by atoms with Gasteiger partial charge in [0.25, 0.3) is 5.91 Å². The number of amides is 1. The number of carbonyl (C=O) groups is 2. The van der Waals surface area contributed by atoms with E-state index in [0.717, 1.165) is 30.3 Å². The average Bonchev–Trinajstić information content (AvgIpc) is 2.41. The highest BCUT2D eigenvalue weighted by molar-refractivity contribution is 9.10. The highest BCUT2D eigenvalue weighted by atomic mass is 79.9. The highest BCUT2D eigenvalue weighted by Gasteiger charge is 2.16. The highest BCUT2D eigenvalue weighted by Crippen LogP contribution is 2.22. The number of hydrogen-bond acceptors (Lipinski definition) is 2. The number of rotatable bonds is 3. The summed E-state index contributed by atoms with van der Waals surface area (Å²) in [6, 6.07) is 6.37. The van der Waals surface area contributed by atoms with Gasteiger partial charge in [-0.05, 0) is 52.3 Å². The van der Waals surface area contributed by atoms with Crippen molar-refractivity contribution in [1.29, 1.82) is 0 Å². The molecular formula is C14H8BrF2NO3. The van der Waals surface area contributed by atoms with Crippen LogP contribution in [0.5, 0.6) is 0 Å². The molecule has 0 atom stereocenters. The molecule has 2 aromatic carbocycles. The van der Waals surface area contributed by atoms with Gasteiger partial charge in [0.2, 0.25) is 0 Å². The lowest BCUT2D eigenvalue weighted by Gasteiger charge is -2.10. The van der Waals surface area contributed by atoms with Gasteiger partial charge in [0.15, 0.2) is 0 Å². The van der Waals surface area contributed by atoms with E-state index in [2.05, 4.69) is 21.2 Å².